The lowest BCUT2D eigenvalue weighted by Gasteiger charge is -2.17. The van der Waals surface area contributed by atoms with E-state index in [9.17, 15) is 22.4 Å². The zero-order valence-corrected chi connectivity index (χ0v) is 11.1. The Morgan fingerprint density at radius 2 is 1.73 bits per heavy atom. The van der Waals surface area contributed by atoms with Crippen LogP contribution in [-0.4, -0.2) is 18.4 Å². The molecule has 0 aliphatic heterocycles. The van der Waals surface area contributed by atoms with Gasteiger partial charge in [-0.15, -0.1) is 0 Å². The van der Waals surface area contributed by atoms with Crippen LogP contribution in [0.2, 0.25) is 0 Å². The molecule has 2 rings (SSSR count). The third-order valence-corrected chi connectivity index (χ3v) is 2.64. The van der Waals surface area contributed by atoms with Crippen LogP contribution >= 0.6 is 0 Å². The van der Waals surface area contributed by atoms with Crippen LogP contribution < -0.4 is 10.1 Å². The van der Waals surface area contributed by atoms with E-state index < -0.39 is 24.2 Å². The van der Waals surface area contributed by atoms with E-state index in [1.54, 1.807) is 30.3 Å². The lowest BCUT2D eigenvalue weighted by molar-refractivity contribution is -0.253. The number of rotatable bonds is 5. The lowest BCUT2D eigenvalue weighted by atomic mass is 10.2. The number of anilines is 1. The van der Waals surface area contributed by atoms with Crippen molar-refractivity contribution in [1.82, 2.24) is 0 Å². The normalized spacial score (nSPS) is 11.3. The summed E-state index contributed by atoms with van der Waals surface area (Å²) in [6.07, 6.45) is -8.58. The number of amides is 1. The maximum atomic E-state index is 12.8. The van der Waals surface area contributed by atoms with Gasteiger partial charge in [0.2, 0.25) is 0 Å². The fraction of sp³-hybridized carbons (Fsp3) is 0.133. The molecule has 0 fully saturated rings. The molecule has 0 aromatic heterocycles. The van der Waals surface area contributed by atoms with E-state index in [0.29, 0.717) is 5.69 Å². The van der Waals surface area contributed by atoms with Gasteiger partial charge in [0.25, 0.3) is 5.91 Å². The third-order valence-electron chi connectivity index (χ3n) is 2.64. The van der Waals surface area contributed by atoms with Crippen molar-refractivity contribution in [3.8, 4) is 5.75 Å². The Morgan fingerprint density at radius 3 is 2.36 bits per heavy atom. The number of carbonyl (C=O) groups excluding carboxylic acids is 1. The van der Waals surface area contributed by atoms with Crippen molar-refractivity contribution in [3.63, 3.8) is 0 Å². The van der Waals surface area contributed by atoms with Crippen molar-refractivity contribution in [1.29, 1.82) is 0 Å². The number of benzene rings is 2. The Balaban J connectivity index is 2.13. The van der Waals surface area contributed by atoms with Crippen molar-refractivity contribution >= 4 is 11.6 Å². The zero-order valence-electron chi connectivity index (χ0n) is 11.1. The molecule has 22 heavy (non-hydrogen) atoms. The second-order valence-corrected chi connectivity index (χ2v) is 4.31. The molecule has 0 atom stereocenters. The summed E-state index contributed by atoms with van der Waals surface area (Å²) in [5, 5.41) is 2.54. The number of halogens is 4. The van der Waals surface area contributed by atoms with E-state index in [2.05, 4.69) is 10.1 Å². The molecule has 7 heteroatoms. The standard InChI is InChI=1S/C15H11F4NO2/c16-14(17)15(18,19)22-12-8-4-5-10(9-12)13(21)20-11-6-2-1-3-7-11/h1-9,14H,(H,20,21). The van der Waals surface area contributed by atoms with Gasteiger partial charge < -0.3 is 10.1 Å². The number of hydrogen-bond donors (Lipinski definition) is 1. The molecule has 0 bridgehead atoms. The molecule has 2 aromatic rings. The first-order valence-corrected chi connectivity index (χ1v) is 6.20. The van der Waals surface area contributed by atoms with Gasteiger partial charge in [-0.25, -0.2) is 0 Å². The maximum absolute atomic E-state index is 12.8. The van der Waals surface area contributed by atoms with Gasteiger partial charge in [-0.2, -0.15) is 17.6 Å². The van der Waals surface area contributed by atoms with Crippen molar-refractivity contribution in [2.45, 2.75) is 12.5 Å². The molecule has 0 saturated heterocycles. The zero-order chi connectivity index (χ0) is 16.2. The molecule has 0 saturated carbocycles. The van der Waals surface area contributed by atoms with Crippen LogP contribution in [0.3, 0.4) is 0 Å². The maximum Gasteiger partial charge on any atom is 0.461 e. The van der Waals surface area contributed by atoms with Gasteiger partial charge in [0, 0.05) is 11.3 Å². The summed E-state index contributed by atoms with van der Waals surface area (Å²) >= 11 is 0. The minimum absolute atomic E-state index is 0.00594. The van der Waals surface area contributed by atoms with Gasteiger partial charge in [0.15, 0.2) is 0 Å². The van der Waals surface area contributed by atoms with Crippen LogP contribution in [0.15, 0.2) is 54.6 Å². The van der Waals surface area contributed by atoms with Gasteiger partial charge in [0.1, 0.15) is 5.75 Å². The highest BCUT2D eigenvalue weighted by atomic mass is 19.3. The van der Waals surface area contributed by atoms with Gasteiger partial charge in [-0.1, -0.05) is 24.3 Å². The highest BCUT2D eigenvalue weighted by Crippen LogP contribution is 2.28. The molecule has 1 amide bonds. The molecular formula is C15H11F4NO2. The minimum atomic E-state index is -4.62. The lowest BCUT2D eigenvalue weighted by Crippen LogP contribution is -2.33. The SMILES string of the molecule is O=C(Nc1ccccc1)c1cccc(OC(F)(F)C(F)F)c1. The third kappa shape index (κ3) is 3.97. The number of nitrogens with one attached hydrogen (secondary N) is 1. The van der Waals surface area contributed by atoms with E-state index >= 15 is 0 Å². The number of para-hydroxylation sites is 1. The molecular weight excluding hydrogens is 302 g/mol. The Kier molecular flexibility index (Phi) is 4.65. The second kappa shape index (κ2) is 6.46. The Morgan fingerprint density at radius 1 is 1.05 bits per heavy atom. The molecule has 0 radical (unpaired) electrons. The monoisotopic (exact) mass is 313 g/mol. The minimum Gasteiger partial charge on any atom is -0.428 e. The molecule has 0 spiro atoms. The molecule has 3 nitrogen and oxygen atoms in total. The highest BCUT2D eigenvalue weighted by Gasteiger charge is 2.44. The molecule has 0 aliphatic rings. The Bertz CT molecular complexity index is 647. The number of alkyl halides is 4. The predicted octanol–water partition coefficient (Wildman–Crippen LogP) is 4.18. The van der Waals surface area contributed by atoms with Crippen molar-refractivity contribution in [2.24, 2.45) is 0 Å². The van der Waals surface area contributed by atoms with Crippen LogP contribution in [0, 0.1) is 0 Å². The van der Waals surface area contributed by atoms with Gasteiger partial charge in [0.05, 0.1) is 0 Å². The first-order chi connectivity index (χ1) is 10.4. The summed E-state index contributed by atoms with van der Waals surface area (Å²) in [5.74, 6) is -1.09. The number of ether oxygens (including phenoxy) is 1. The summed E-state index contributed by atoms with van der Waals surface area (Å²) in [5.41, 5.74) is 0.517. The van der Waals surface area contributed by atoms with Crippen LogP contribution in [-0.2, 0) is 0 Å². The first-order valence-electron chi connectivity index (χ1n) is 6.20. The van der Waals surface area contributed by atoms with Crippen LogP contribution in [0.4, 0.5) is 23.2 Å². The fourth-order valence-corrected chi connectivity index (χ4v) is 1.63. The van der Waals surface area contributed by atoms with Crippen molar-refractivity contribution in [2.75, 3.05) is 5.32 Å². The molecule has 1 N–H and O–H groups in total. The summed E-state index contributed by atoms with van der Waals surface area (Å²) in [4.78, 5) is 12.0. The van der Waals surface area contributed by atoms with E-state index in [1.807, 2.05) is 0 Å². The molecule has 2 aromatic carbocycles. The fourth-order valence-electron chi connectivity index (χ4n) is 1.63. The molecule has 0 heterocycles. The van der Waals surface area contributed by atoms with E-state index in [-0.39, 0.29) is 5.56 Å². The van der Waals surface area contributed by atoms with Crippen LogP contribution in [0.5, 0.6) is 5.75 Å². The highest BCUT2D eigenvalue weighted by molar-refractivity contribution is 6.04. The van der Waals surface area contributed by atoms with Gasteiger partial charge in [-0.05, 0) is 30.3 Å². The van der Waals surface area contributed by atoms with E-state index in [0.717, 1.165) is 12.1 Å². The summed E-state index contributed by atoms with van der Waals surface area (Å²) in [6.45, 7) is 0. The number of hydrogen-bond acceptors (Lipinski definition) is 2. The van der Waals surface area contributed by atoms with E-state index in [4.69, 9.17) is 0 Å². The Hall–Kier alpha value is -2.57. The topological polar surface area (TPSA) is 38.3 Å². The second-order valence-electron chi connectivity index (χ2n) is 4.31. The van der Waals surface area contributed by atoms with Crippen molar-refractivity contribution < 1.29 is 27.1 Å². The van der Waals surface area contributed by atoms with E-state index in [1.165, 1.54) is 12.1 Å². The van der Waals surface area contributed by atoms with Crippen molar-refractivity contribution in [3.05, 3.63) is 60.2 Å². The number of carbonyl (C=O) groups is 1. The average molecular weight is 313 g/mol. The summed E-state index contributed by atoms with van der Waals surface area (Å²) in [7, 11) is 0. The predicted molar refractivity (Wildman–Crippen MR) is 72.4 cm³/mol. The first kappa shape index (κ1) is 15.8. The Labute approximate surface area is 123 Å². The molecule has 0 unspecified atom stereocenters. The van der Waals surface area contributed by atoms with Gasteiger partial charge in [-0.3, -0.25) is 4.79 Å². The molecule has 116 valence electrons. The summed E-state index contributed by atoms with van der Waals surface area (Å²) in [6, 6.07) is 13.1. The van der Waals surface area contributed by atoms with Gasteiger partial charge >= 0.3 is 12.5 Å². The molecule has 0 aliphatic carbocycles. The summed E-state index contributed by atoms with van der Waals surface area (Å²) < 4.78 is 53.8. The van der Waals surface area contributed by atoms with Crippen LogP contribution in [0.25, 0.3) is 0 Å². The van der Waals surface area contributed by atoms with Crippen LogP contribution in [0.1, 0.15) is 10.4 Å². The quantitative estimate of drug-likeness (QED) is 0.841. The largest absolute Gasteiger partial charge is 0.461 e. The smallest absolute Gasteiger partial charge is 0.428 e. The average Bonchev–Trinajstić information content (AvgIpc) is 2.48.